The van der Waals surface area contributed by atoms with Crippen molar-refractivity contribution in [3.63, 3.8) is 0 Å². The fraction of sp³-hybridized carbons (Fsp3) is 0.400. The molecule has 0 spiro atoms. The van der Waals surface area contributed by atoms with Gasteiger partial charge in [-0.25, -0.2) is 9.13 Å². The van der Waals surface area contributed by atoms with E-state index in [1.807, 2.05) is 59.9 Å². The first-order valence-corrected chi connectivity index (χ1v) is 6.97. The Hall–Kier alpha value is -2.21. The van der Waals surface area contributed by atoms with Gasteiger partial charge in [0.1, 0.15) is 5.69 Å². The first-order valence-electron chi connectivity index (χ1n) is 6.97. The molecule has 2 rings (SSSR count). The summed E-state index contributed by atoms with van der Waals surface area (Å²) in [5.41, 5.74) is 1.94. The van der Waals surface area contributed by atoms with Crippen LogP contribution in [0.4, 0.5) is 17.3 Å². The third-order valence-electron chi connectivity index (χ3n) is 3.16. The molecule has 2 aromatic rings. The summed E-state index contributed by atoms with van der Waals surface area (Å²) < 4.78 is 3.86. The minimum Gasteiger partial charge on any atom is -0.384 e. The molecule has 0 aliphatic heterocycles. The largest absolute Gasteiger partial charge is 0.421 e. The van der Waals surface area contributed by atoms with Crippen LogP contribution in [-0.2, 0) is 14.1 Å². The number of benzene rings is 1. The average Bonchev–Trinajstić information content (AvgIpc) is 2.77. The fourth-order valence-electron chi connectivity index (χ4n) is 1.90. The van der Waals surface area contributed by atoms with Crippen LogP contribution in [0.1, 0.15) is 0 Å². The second-order valence-electron chi connectivity index (χ2n) is 5.30. The zero-order valence-corrected chi connectivity index (χ0v) is 13.1. The molecule has 6 nitrogen and oxygen atoms in total. The molecule has 0 unspecified atom stereocenters. The maximum atomic E-state index is 4.27. The van der Waals surface area contributed by atoms with E-state index in [0.717, 1.165) is 30.4 Å². The topological polar surface area (TPSA) is 48.8 Å². The van der Waals surface area contributed by atoms with Crippen molar-refractivity contribution in [2.45, 2.75) is 0 Å². The standard InChI is InChI=1S/C15H22N6/c1-19(2)10-9-16-13-5-7-14(8-6-13)17-18-15-20(3)11-12-21(15)4/h5-8,11-12H,9-10H2,1-4H3/p+1. The molecular weight excluding hydrogens is 264 g/mol. The monoisotopic (exact) mass is 287 g/mol. The highest BCUT2D eigenvalue weighted by molar-refractivity contribution is 5.50. The van der Waals surface area contributed by atoms with E-state index >= 15 is 0 Å². The maximum Gasteiger partial charge on any atom is 0.421 e. The predicted molar refractivity (Wildman–Crippen MR) is 84.3 cm³/mol. The summed E-state index contributed by atoms with van der Waals surface area (Å²) in [5, 5.41) is 11.9. The van der Waals surface area contributed by atoms with Crippen LogP contribution in [0.15, 0.2) is 46.9 Å². The molecule has 1 aromatic heterocycles. The molecule has 112 valence electrons. The van der Waals surface area contributed by atoms with Crippen LogP contribution in [0.5, 0.6) is 0 Å². The lowest BCUT2D eigenvalue weighted by molar-refractivity contribution is -0.657. The molecule has 0 saturated heterocycles. The second kappa shape index (κ2) is 6.99. The minimum atomic E-state index is 0.809. The molecule has 1 N–H and O–H groups in total. The Morgan fingerprint density at radius 3 is 2.48 bits per heavy atom. The molecule has 0 fully saturated rings. The summed E-state index contributed by atoms with van der Waals surface area (Å²) in [5.74, 6) is 0.809. The van der Waals surface area contributed by atoms with Crippen molar-refractivity contribution >= 4 is 17.3 Å². The average molecular weight is 287 g/mol. The molecule has 0 amide bonds. The lowest BCUT2D eigenvalue weighted by Gasteiger charge is -2.11. The number of imidazole rings is 1. The number of anilines is 1. The maximum absolute atomic E-state index is 4.27. The summed E-state index contributed by atoms with van der Waals surface area (Å²) >= 11 is 0. The van der Waals surface area contributed by atoms with E-state index in [1.54, 1.807) is 0 Å². The highest BCUT2D eigenvalue weighted by Crippen LogP contribution is 2.18. The van der Waals surface area contributed by atoms with E-state index in [-0.39, 0.29) is 0 Å². The Morgan fingerprint density at radius 2 is 1.90 bits per heavy atom. The number of azo groups is 1. The van der Waals surface area contributed by atoms with E-state index in [9.17, 15) is 0 Å². The fourth-order valence-corrected chi connectivity index (χ4v) is 1.90. The van der Waals surface area contributed by atoms with E-state index < -0.39 is 0 Å². The summed E-state index contributed by atoms with van der Waals surface area (Å²) in [6.07, 6.45) is 3.90. The Morgan fingerprint density at radius 1 is 1.19 bits per heavy atom. The number of rotatable bonds is 6. The second-order valence-corrected chi connectivity index (χ2v) is 5.30. The number of hydrogen-bond acceptors (Lipinski definition) is 4. The summed E-state index contributed by atoms with van der Waals surface area (Å²) in [6, 6.07) is 7.97. The number of nitrogens with zero attached hydrogens (tertiary/aromatic N) is 5. The van der Waals surface area contributed by atoms with Gasteiger partial charge in [0.15, 0.2) is 0 Å². The third kappa shape index (κ3) is 4.39. The Bertz CT molecular complexity index is 578. The first kappa shape index (κ1) is 15.2. The van der Waals surface area contributed by atoms with Gasteiger partial charge in [-0.3, -0.25) is 0 Å². The highest BCUT2D eigenvalue weighted by Gasteiger charge is 2.10. The van der Waals surface area contributed by atoms with Gasteiger partial charge in [-0.1, -0.05) is 5.11 Å². The van der Waals surface area contributed by atoms with Crippen molar-refractivity contribution in [1.29, 1.82) is 0 Å². The molecule has 0 aliphatic carbocycles. The molecule has 0 aliphatic rings. The van der Waals surface area contributed by atoms with Crippen LogP contribution in [0, 0.1) is 0 Å². The molecule has 1 aromatic carbocycles. The molecule has 21 heavy (non-hydrogen) atoms. The van der Waals surface area contributed by atoms with Gasteiger partial charge in [0.05, 0.1) is 26.5 Å². The van der Waals surface area contributed by atoms with Gasteiger partial charge in [0.2, 0.25) is 0 Å². The third-order valence-corrected chi connectivity index (χ3v) is 3.16. The number of aryl methyl sites for hydroxylation is 2. The summed E-state index contributed by atoms with van der Waals surface area (Å²) in [6.45, 7) is 1.93. The zero-order chi connectivity index (χ0) is 15.2. The van der Waals surface area contributed by atoms with Crippen molar-refractivity contribution in [2.24, 2.45) is 24.3 Å². The SMILES string of the molecule is CN(C)CCNc1ccc(N=Nc2n(C)cc[n+]2C)cc1. The van der Waals surface area contributed by atoms with Crippen LogP contribution in [0.2, 0.25) is 0 Å². The van der Waals surface area contributed by atoms with E-state index in [0.29, 0.717) is 0 Å². The van der Waals surface area contributed by atoms with E-state index in [2.05, 4.69) is 34.5 Å². The van der Waals surface area contributed by atoms with Gasteiger partial charge in [-0.15, -0.1) is 0 Å². The molecule has 6 heteroatoms. The van der Waals surface area contributed by atoms with Gasteiger partial charge in [-0.2, -0.15) is 0 Å². The van der Waals surface area contributed by atoms with Crippen LogP contribution in [0.25, 0.3) is 0 Å². The molecule has 1 heterocycles. The van der Waals surface area contributed by atoms with Crippen LogP contribution >= 0.6 is 0 Å². The lowest BCUT2D eigenvalue weighted by Crippen LogP contribution is -2.25. The Kier molecular flexibility index (Phi) is 5.05. The highest BCUT2D eigenvalue weighted by atomic mass is 15.3. The lowest BCUT2D eigenvalue weighted by atomic mass is 10.3. The Labute approximate surface area is 125 Å². The number of likely N-dealkylation sites (N-methyl/N-ethyl adjacent to an activating group) is 1. The Balaban J connectivity index is 1.96. The molecular formula is C15H23N6+. The van der Waals surface area contributed by atoms with Crippen molar-refractivity contribution in [1.82, 2.24) is 9.47 Å². The molecule has 0 atom stereocenters. The molecule has 0 radical (unpaired) electrons. The number of nitrogens with one attached hydrogen (secondary N) is 1. The van der Waals surface area contributed by atoms with Crippen molar-refractivity contribution in [3.8, 4) is 0 Å². The number of hydrogen-bond donors (Lipinski definition) is 1. The first-order chi connectivity index (χ1) is 10.1. The van der Waals surface area contributed by atoms with E-state index in [1.165, 1.54) is 0 Å². The van der Waals surface area contributed by atoms with Crippen molar-refractivity contribution in [3.05, 3.63) is 36.7 Å². The zero-order valence-electron chi connectivity index (χ0n) is 13.1. The van der Waals surface area contributed by atoms with Gasteiger partial charge in [0.25, 0.3) is 0 Å². The van der Waals surface area contributed by atoms with Crippen molar-refractivity contribution in [2.75, 3.05) is 32.5 Å². The summed E-state index contributed by atoms with van der Waals surface area (Å²) in [7, 11) is 8.03. The van der Waals surface area contributed by atoms with Gasteiger partial charge >= 0.3 is 5.95 Å². The minimum absolute atomic E-state index is 0.809. The smallest absolute Gasteiger partial charge is 0.384 e. The predicted octanol–water partition coefficient (Wildman–Crippen LogP) is 2.24. The van der Waals surface area contributed by atoms with Gasteiger partial charge < -0.3 is 10.2 Å². The van der Waals surface area contributed by atoms with E-state index in [4.69, 9.17) is 0 Å². The van der Waals surface area contributed by atoms with Gasteiger partial charge in [-0.05, 0) is 38.4 Å². The van der Waals surface area contributed by atoms with Crippen LogP contribution < -0.4 is 9.88 Å². The molecule has 0 saturated carbocycles. The van der Waals surface area contributed by atoms with Crippen molar-refractivity contribution < 1.29 is 4.57 Å². The quantitative estimate of drug-likeness (QED) is 0.654. The van der Waals surface area contributed by atoms with Crippen LogP contribution in [0.3, 0.4) is 0 Å². The van der Waals surface area contributed by atoms with Crippen LogP contribution in [-0.4, -0.2) is 36.7 Å². The number of aromatic nitrogens is 2. The molecule has 0 bridgehead atoms. The van der Waals surface area contributed by atoms with Gasteiger partial charge in [0, 0.05) is 23.9 Å². The normalized spacial score (nSPS) is 11.5. The summed E-state index contributed by atoms with van der Waals surface area (Å²) in [4.78, 5) is 2.15.